The molecule has 0 fully saturated rings. The average Bonchev–Trinajstić information content (AvgIpc) is 3.28. The molecule has 0 radical (unpaired) electrons. The summed E-state index contributed by atoms with van der Waals surface area (Å²) >= 11 is 0. The van der Waals surface area contributed by atoms with Crippen molar-refractivity contribution in [1.82, 2.24) is 0 Å². The second kappa shape index (κ2) is 15.0. The highest BCUT2D eigenvalue weighted by molar-refractivity contribution is 6.24. The van der Waals surface area contributed by atoms with Crippen LogP contribution in [-0.2, 0) is 0 Å². The largest absolute Gasteiger partial charge is 0.507 e. The lowest BCUT2D eigenvalue weighted by molar-refractivity contribution is 0.477. The van der Waals surface area contributed by atoms with E-state index in [2.05, 4.69) is 194 Å². The van der Waals surface area contributed by atoms with Crippen molar-refractivity contribution < 1.29 is 5.11 Å². The van der Waals surface area contributed by atoms with Crippen LogP contribution in [-0.4, -0.2) is 5.11 Å². The molecule has 3 nitrogen and oxygen atoms in total. The van der Waals surface area contributed by atoms with E-state index in [1.165, 1.54) is 32.8 Å². The zero-order chi connectivity index (χ0) is 39.9. The second-order valence-electron chi connectivity index (χ2n) is 15.3. The van der Waals surface area contributed by atoms with Crippen molar-refractivity contribution in [2.45, 2.75) is 13.8 Å². The third-order valence-corrected chi connectivity index (χ3v) is 11.4. The number of aryl methyl sites for hydroxylation is 2. The van der Waals surface area contributed by atoms with E-state index in [9.17, 15) is 5.11 Å². The first-order valence-corrected chi connectivity index (χ1v) is 20.1. The topological polar surface area (TPSA) is 26.7 Å². The fourth-order valence-electron chi connectivity index (χ4n) is 8.62. The van der Waals surface area contributed by atoms with Gasteiger partial charge in [0, 0.05) is 45.8 Å². The van der Waals surface area contributed by atoms with E-state index in [4.69, 9.17) is 0 Å². The fraction of sp³-hybridized carbons (Fsp3) is 0.0357. The number of para-hydroxylation sites is 4. The molecule has 0 aliphatic heterocycles. The van der Waals surface area contributed by atoms with Crippen LogP contribution in [0.1, 0.15) is 11.1 Å². The first-order valence-electron chi connectivity index (χ1n) is 20.1. The van der Waals surface area contributed by atoms with E-state index in [1.54, 1.807) is 0 Å². The lowest BCUT2D eigenvalue weighted by atomic mass is 9.86. The minimum absolute atomic E-state index is 0.234. The summed E-state index contributed by atoms with van der Waals surface area (Å²) < 4.78 is 0. The van der Waals surface area contributed by atoms with Crippen molar-refractivity contribution >= 4 is 66.4 Å². The van der Waals surface area contributed by atoms with Crippen molar-refractivity contribution in [3.05, 3.63) is 223 Å². The monoisotopic (exact) mass is 758 g/mol. The summed E-state index contributed by atoms with van der Waals surface area (Å²) in [4.78, 5) is 4.48. The van der Waals surface area contributed by atoms with Gasteiger partial charge in [-0.05, 0) is 148 Å². The Morgan fingerprint density at radius 1 is 0.288 bits per heavy atom. The summed E-state index contributed by atoms with van der Waals surface area (Å²) in [7, 11) is 0. The predicted octanol–water partition coefficient (Wildman–Crippen LogP) is 15.7. The van der Waals surface area contributed by atoms with Crippen molar-refractivity contribution in [1.29, 1.82) is 0 Å². The molecule has 282 valence electrons. The Morgan fingerprint density at radius 3 is 1.12 bits per heavy atom. The summed E-state index contributed by atoms with van der Waals surface area (Å²) in [6.45, 7) is 4.32. The Morgan fingerprint density at radius 2 is 0.661 bits per heavy atom. The molecule has 0 unspecified atom stereocenters. The van der Waals surface area contributed by atoms with Crippen molar-refractivity contribution in [3.63, 3.8) is 0 Å². The SMILES string of the molecule is Cc1ccc2c(-c3ccc(N(c4ccccc4)c4ccccc4)cc3)cc3c4cc(C)ccc4c(-c4ccc(N(c5ccccc5)c5ccccc5)cc4O)cc3c2c1. The van der Waals surface area contributed by atoms with Crippen LogP contribution in [0.5, 0.6) is 5.75 Å². The maximum Gasteiger partial charge on any atom is 0.125 e. The van der Waals surface area contributed by atoms with Crippen LogP contribution in [0.25, 0.3) is 54.6 Å². The number of fused-ring (bicyclic) bond motifs is 5. The van der Waals surface area contributed by atoms with Crippen LogP contribution in [0.4, 0.5) is 34.1 Å². The number of rotatable bonds is 8. The smallest absolute Gasteiger partial charge is 0.125 e. The zero-order valence-corrected chi connectivity index (χ0v) is 33.0. The molecular formula is C56H42N2O. The molecule has 3 heteroatoms. The number of aromatic hydroxyl groups is 1. The molecule has 0 saturated heterocycles. The fourth-order valence-corrected chi connectivity index (χ4v) is 8.62. The van der Waals surface area contributed by atoms with Crippen molar-refractivity contribution in [3.8, 4) is 28.0 Å². The molecular weight excluding hydrogens is 717 g/mol. The Bertz CT molecular complexity index is 3030. The third kappa shape index (κ3) is 6.63. The molecule has 10 aromatic carbocycles. The first kappa shape index (κ1) is 35.8. The van der Waals surface area contributed by atoms with Gasteiger partial charge < -0.3 is 14.9 Å². The quantitative estimate of drug-likeness (QED) is 0.156. The number of hydrogen-bond donors (Lipinski definition) is 1. The van der Waals surface area contributed by atoms with E-state index in [0.717, 1.165) is 67.0 Å². The van der Waals surface area contributed by atoms with Gasteiger partial charge in [0.15, 0.2) is 0 Å². The number of hydrogen-bond acceptors (Lipinski definition) is 3. The van der Waals surface area contributed by atoms with E-state index in [1.807, 2.05) is 42.5 Å². The van der Waals surface area contributed by atoms with E-state index >= 15 is 0 Å². The van der Waals surface area contributed by atoms with Gasteiger partial charge in [0.1, 0.15) is 5.75 Å². The molecule has 10 rings (SSSR count). The van der Waals surface area contributed by atoms with Crippen LogP contribution in [0, 0.1) is 13.8 Å². The highest BCUT2D eigenvalue weighted by Crippen LogP contribution is 2.46. The molecule has 0 amide bonds. The van der Waals surface area contributed by atoms with E-state index in [-0.39, 0.29) is 5.75 Å². The number of anilines is 6. The van der Waals surface area contributed by atoms with Gasteiger partial charge in [-0.25, -0.2) is 0 Å². The molecule has 0 aromatic heterocycles. The number of phenols is 1. The highest BCUT2D eigenvalue weighted by atomic mass is 16.3. The molecule has 10 aromatic rings. The van der Waals surface area contributed by atoms with Crippen molar-refractivity contribution in [2.75, 3.05) is 9.80 Å². The first-order chi connectivity index (χ1) is 29.0. The van der Waals surface area contributed by atoms with Gasteiger partial charge in [0.05, 0.1) is 0 Å². The standard InChI is InChI=1S/C56H42N2O/c1-38-23-30-47-50(40-25-27-45(28-26-40)57(41-15-7-3-8-16-41)42-17-9-4-10-18-42)36-54-52-34-39(2)24-31-48(52)53(37-55(54)51(47)33-38)49-32-29-46(35-56(49)59)58(43-19-11-5-12-20-43)44-21-13-6-14-22-44/h3-37,59H,1-2H3. The molecule has 0 atom stereocenters. The Hall–Kier alpha value is -7.62. The predicted molar refractivity (Wildman–Crippen MR) is 250 cm³/mol. The lowest BCUT2D eigenvalue weighted by Crippen LogP contribution is -2.09. The van der Waals surface area contributed by atoms with Crippen LogP contribution in [0.15, 0.2) is 212 Å². The van der Waals surface area contributed by atoms with Gasteiger partial charge in [-0.2, -0.15) is 0 Å². The molecule has 0 aliphatic rings. The molecule has 59 heavy (non-hydrogen) atoms. The zero-order valence-electron chi connectivity index (χ0n) is 33.0. The molecule has 1 N–H and O–H groups in total. The van der Waals surface area contributed by atoms with Crippen LogP contribution >= 0.6 is 0 Å². The Kier molecular flexibility index (Phi) is 9.12. The number of benzene rings is 10. The van der Waals surface area contributed by atoms with Crippen LogP contribution in [0.2, 0.25) is 0 Å². The van der Waals surface area contributed by atoms with Gasteiger partial charge in [-0.3, -0.25) is 0 Å². The maximum atomic E-state index is 12.0. The molecule has 0 spiro atoms. The van der Waals surface area contributed by atoms with E-state index in [0.29, 0.717) is 0 Å². The third-order valence-electron chi connectivity index (χ3n) is 11.4. The number of nitrogens with zero attached hydrogens (tertiary/aromatic N) is 2. The molecule has 0 bridgehead atoms. The van der Waals surface area contributed by atoms with Gasteiger partial charge >= 0.3 is 0 Å². The average molecular weight is 759 g/mol. The molecule has 0 saturated carbocycles. The second-order valence-corrected chi connectivity index (χ2v) is 15.3. The lowest BCUT2D eigenvalue weighted by Gasteiger charge is -2.26. The van der Waals surface area contributed by atoms with Crippen molar-refractivity contribution in [2.24, 2.45) is 0 Å². The summed E-state index contributed by atoms with van der Waals surface area (Å²) in [5, 5.41) is 19.0. The van der Waals surface area contributed by atoms with Gasteiger partial charge in [0.2, 0.25) is 0 Å². The Labute approximate surface area is 345 Å². The number of phenolic OH excluding ortho intramolecular Hbond substituents is 1. The summed E-state index contributed by atoms with van der Waals surface area (Å²) in [6, 6.07) is 74.8. The minimum atomic E-state index is 0.234. The van der Waals surface area contributed by atoms with Gasteiger partial charge in [-0.1, -0.05) is 132 Å². The maximum absolute atomic E-state index is 12.0. The van der Waals surface area contributed by atoms with Gasteiger partial charge in [0.25, 0.3) is 0 Å². The molecule has 0 heterocycles. The Balaban J connectivity index is 1.13. The molecule has 0 aliphatic carbocycles. The van der Waals surface area contributed by atoms with E-state index < -0.39 is 0 Å². The minimum Gasteiger partial charge on any atom is -0.507 e. The highest BCUT2D eigenvalue weighted by Gasteiger charge is 2.20. The van der Waals surface area contributed by atoms with Crippen LogP contribution < -0.4 is 9.80 Å². The van der Waals surface area contributed by atoms with Crippen LogP contribution in [0.3, 0.4) is 0 Å². The normalized spacial score (nSPS) is 11.3. The summed E-state index contributed by atoms with van der Waals surface area (Å²) in [5.41, 5.74) is 12.8. The summed E-state index contributed by atoms with van der Waals surface area (Å²) in [5.74, 6) is 0.234. The summed E-state index contributed by atoms with van der Waals surface area (Å²) in [6.07, 6.45) is 0. The van der Waals surface area contributed by atoms with Gasteiger partial charge in [-0.15, -0.1) is 0 Å².